The fourth-order valence-electron chi connectivity index (χ4n) is 2.22. The summed E-state index contributed by atoms with van der Waals surface area (Å²) in [6.45, 7) is 12.4. The van der Waals surface area contributed by atoms with E-state index in [-0.39, 0.29) is 5.54 Å². The van der Waals surface area contributed by atoms with Crippen LogP contribution in [0.3, 0.4) is 0 Å². The van der Waals surface area contributed by atoms with Gasteiger partial charge < -0.3 is 10.6 Å². The van der Waals surface area contributed by atoms with E-state index in [9.17, 15) is 0 Å². The van der Waals surface area contributed by atoms with E-state index < -0.39 is 0 Å². The van der Waals surface area contributed by atoms with Crippen LogP contribution in [0.25, 0.3) is 0 Å². The Balaban J connectivity index is 2.32. The van der Waals surface area contributed by atoms with E-state index in [4.69, 9.17) is 0 Å². The van der Waals surface area contributed by atoms with Gasteiger partial charge in [-0.05, 0) is 52.7 Å². The first-order chi connectivity index (χ1) is 9.74. The molecule has 0 fully saturated rings. The highest BCUT2D eigenvalue weighted by Crippen LogP contribution is 2.25. The summed E-state index contributed by atoms with van der Waals surface area (Å²) < 4.78 is 0. The molecule has 1 aromatic carbocycles. The predicted molar refractivity (Wildman–Crippen MR) is 89.3 cm³/mol. The third-order valence-electron chi connectivity index (χ3n) is 3.08. The van der Waals surface area contributed by atoms with Gasteiger partial charge in [0.2, 0.25) is 0 Å². The zero-order valence-corrected chi connectivity index (χ0v) is 13.7. The van der Waals surface area contributed by atoms with Crippen molar-refractivity contribution >= 4 is 17.3 Å². The molecule has 0 saturated heterocycles. The van der Waals surface area contributed by atoms with Gasteiger partial charge >= 0.3 is 0 Å². The molecule has 4 nitrogen and oxygen atoms in total. The predicted octanol–water partition coefficient (Wildman–Crippen LogP) is 4.36. The van der Waals surface area contributed by atoms with Crippen LogP contribution in [0, 0.1) is 20.8 Å². The first kappa shape index (κ1) is 15.3. The Labute approximate surface area is 127 Å². The number of nitrogens with zero attached hydrogens (tertiary/aromatic N) is 2. The minimum Gasteiger partial charge on any atom is -0.365 e. The van der Waals surface area contributed by atoms with Crippen molar-refractivity contribution in [2.24, 2.45) is 0 Å². The van der Waals surface area contributed by atoms with Crippen molar-refractivity contribution in [2.45, 2.75) is 47.1 Å². The molecule has 0 bridgehead atoms. The normalized spacial score (nSPS) is 11.3. The van der Waals surface area contributed by atoms with Crippen molar-refractivity contribution in [3.63, 3.8) is 0 Å². The lowest BCUT2D eigenvalue weighted by Gasteiger charge is -2.22. The molecule has 0 unspecified atom stereocenters. The van der Waals surface area contributed by atoms with E-state index in [2.05, 4.69) is 73.4 Å². The Morgan fingerprint density at radius 3 is 2.05 bits per heavy atom. The number of aryl methyl sites for hydroxylation is 3. The van der Waals surface area contributed by atoms with Crippen molar-refractivity contribution in [2.75, 3.05) is 10.6 Å². The molecule has 1 aromatic heterocycles. The zero-order chi connectivity index (χ0) is 15.6. The molecule has 0 amide bonds. The zero-order valence-electron chi connectivity index (χ0n) is 13.7. The van der Waals surface area contributed by atoms with Crippen molar-refractivity contribution in [1.29, 1.82) is 0 Å². The molecule has 112 valence electrons. The van der Waals surface area contributed by atoms with E-state index in [0.29, 0.717) is 0 Å². The van der Waals surface area contributed by atoms with Gasteiger partial charge in [-0.2, -0.15) is 0 Å². The van der Waals surface area contributed by atoms with E-state index >= 15 is 0 Å². The number of anilines is 3. The average Bonchev–Trinajstić information content (AvgIpc) is 2.31. The minimum absolute atomic E-state index is 0.0311. The van der Waals surface area contributed by atoms with Gasteiger partial charge in [-0.3, -0.25) is 0 Å². The number of aromatic nitrogens is 2. The molecular weight excluding hydrogens is 260 g/mol. The maximum Gasteiger partial charge on any atom is 0.136 e. The third kappa shape index (κ3) is 4.18. The molecule has 2 rings (SSSR count). The SMILES string of the molecule is Cc1nc(Nc2c(C)cccc2C)cc(NC(C)(C)C)n1. The van der Waals surface area contributed by atoms with Crippen LogP contribution < -0.4 is 10.6 Å². The smallest absolute Gasteiger partial charge is 0.136 e. The monoisotopic (exact) mass is 284 g/mol. The first-order valence-electron chi connectivity index (χ1n) is 7.22. The van der Waals surface area contributed by atoms with Crippen molar-refractivity contribution in [3.05, 3.63) is 41.2 Å². The van der Waals surface area contributed by atoms with Crippen LogP contribution in [0.15, 0.2) is 24.3 Å². The van der Waals surface area contributed by atoms with Gasteiger partial charge in [0.15, 0.2) is 0 Å². The largest absolute Gasteiger partial charge is 0.365 e. The lowest BCUT2D eigenvalue weighted by atomic mass is 10.1. The highest BCUT2D eigenvalue weighted by Gasteiger charge is 2.12. The van der Waals surface area contributed by atoms with E-state index in [1.165, 1.54) is 11.1 Å². The van der Waals surface area contributed by atoms with Crippen molar-refractivity contribution in [1.82, 2.24) is 9.97 Å². The number of benzene rings is 1. The Bertz CT molecular complexity index is 621. The van der Waals surface area contributed by atoms with E-state index in [1.54, 1.807) is 0 Å². The van der Waals surface area contributed by atoms with Crippen molar-refractivity contribution < 1.29 is 0 Å². The van der Waals surface area contributed by atoms with Crippen LogP contribution in [-0.2, 0) is 0 Å². The van der Waals surface area contributed by atoms with Gasteiger partial charge in [-0.25, -0.2) is 9.97 Å². The lowest BCUT2D eigenvalue weighted by Crippen LogP contribution is -2.27. The average molecular weight is 284 g/mol. The molecule has 0 aliphatic rings. The molecule has 1 heterocycles. The Kier molecular flexibility index (Phi) is 4.16. The second-order valence-electron chi connectivity index (χ2n) is 6.45. The fraction of sp³-hybridized carbons (Fsp3) is 0.412. The quantitative estimate of drug-likeness (QED) is 0.879. The highest BCUT2D eigenvalue weighted by atomic mass is 15.1. The Morgan fingerprint density at radius 2 is 1.48 bits per heavy atom. The molecule has 0 saturated carbocycles. The standard InChI is InChI=1S/C17H24N4/c1-11-8-7-9-12(2)16(11)20-14-10-15(19-13(3)18-14)21-17(4,5)6/h7-10H,1-6H3,(H2,18,19,20,21). The molecule has 0 aliphatic heterocycles. The maximum absolute atomic E-state index is 4.48. The molecular formula is C17H24N4. The van der Waals surface area contributed by atoms with Gasteiger partial charge in [-0.15, -0.1) is 0 Å². The number of nitrogens with one attached hydrogen (secondary N) is 2. The second-order valence-corrected chi connectivity index (χ2v) is 6.45. The number of hydrogen-bond acceptors (Lipinski definition) is 4. The van der Waals surface area contributed by atoms with Crippen LogP contribution in [0.1, 0.15) is 37.7 Å². The summed E-state index contributed by atoms with van der Waals surface area (Å²) >= 11 is 0. The maximum atomic E-state index is 4.48. The molecule has 0 atom stereocenters. The molecule has 21 heavy (non-hydrogen) atoms. The van der Waals surface area contributed by atoms with Crippen LogP contribution in [-0.4, -0.2) is 15.5 Å². The third-order valence-corrected chi connectivity index (χ3v) is 3.08. The summed E-state index contributed by atoms with van der Waals surface area (Å²) in [5.41, 5.74) is 3.49. The van der Waals surface area contributed by atoms with Gasteiger partial charge in [0.25, 0.3) is 0 Å². The van der Waals surface area contributed by atoms with Gasteiger partial charge in [0.05, 0.1) is 0 Å². The van der Waals surface area contributed by atoms with Gasteiger partial charge in [0.1, 0.15) is 17.5 Å². The lowest BCUT2D eigenvalue weighted by molar-refractivity contribution is 0.629. The molecule has 0 radical (unpaired) electrons. The summed E-state index contributed by atoms with van der Waals surface area (Å²) in [5.74, 6) is 2.40. The van der Waals surface area contributed by atoms with Crippen LogP contribution >= 0.6 is 0 Å². The topological polar surface area (TPSA) is 49.8 Å². The molecule has 2 N–H and O–H groups in total. The fourth-order valence-corrected chi connectivity index (χ4v) is 2.22. The van der Waals surface area contributed by atoms with Crippen LogP contribution in [0.4, 0.5) is 17.3 Å². The van der Waals surface area contributed by atoms with E-state index in [1.807, 2.05) is 13.0 Å². The Hall–Kier alpha value is -2.10. The van der Waals surface area contributed by atoms with Crippen LogP contribution in [0.5, 0.6) is 0 Å². The van der Waals surface area contributed by atoms with Gasteiger partial charge in [-0.1, -0.05) is 18.2 Å². The summed E-state index contributed by atoms with van der Waals surface area (Å²) in [4.78, 5) is 8.92. The second kappa shape index (κ2) is 5.72. The van der Waals surface area contributed by atoms with Gasteiger partial charge in [0, 0.05) is 17.3 Å². The summed E-state index contributed by atoms with van der Waals surface area (Å²) in [6.07, 6.45) is 0. The number of hydrogen-bond donors (Lipinski definition) is 2. The summed E-state index contributed by atoms with van der Waals surface area (Å²) in [7, 11) is 0. The summed E-state index contributed by atoms with van der Waals surface area (Å²) in [6, 6.07) is 8.20. The molecule has 0 aliphatic carbocycles. The molecule has 2 aromatic rings. The first-order valence-corrected chi connectivity index (χ1v) is 7.22. The minimum atomic E-state index is -0.0311. The molecule has 0 spiro atoms. The van der Waals surface area contributed by atoms with Crippen molar-refractivity contribution in [3.8, 4) is 0 Å². The summed E-state index contributed by atoms with van der Waals surface area (Å²) in [5, 5.41) is 6.80. The Morgan fingerprint density at radius 1 is 0.905 bits per heavy atom. The number of para-hydroxylation sites is 1. The van der Waals surface area contributed by atoms with E-state index in [0.717, 1.165) is 23.1 Å². The number of rotatable bonds is 3. The van der Waals surface area contributed by atoms with Crippen LogP contribution in [0.2, 0.25) is 0 Å². The highest BCUT2D eigenvalue weighted by molar-refractivity contribution is 5.66. The molecule has 4 heteroatoms.